The summed E-state index contributed by atoms with van der Waals surface area (Å²) in [7, 11) is 0. The van der Waals surface area contributed by atoms with Gasteiger partial charge in [0.05, 0.1) is 34.5 Å². The van der Waals surface area contributed by atoms with Crippen LogP contribution in [0.15, 0.2) is 87.3 Å². The fraction of sp³-hybridized carbons (Fsp3) is 0.120. The van der Waals surface area contributed by atoms with E-state index in [9.17, 15) is 9.18 Å². The molecule has 0 atom stereocenters. The largest absolute Gasteiger partial charge is 0.493 e. The number of halogens is 1. The van der Waals surface area contributed by atoms with Crippen LogP contribution in [0.1, 0.15) is 12.8 Å². The molecular weight excluding hydrogens is 455 g/mol. The Balaban J connectivity index is 1.50. The summed E-state index contributed by atoms with van der Waals surface area (Å²) < 4.78 is 27.0. The summed E-state index contributed by atoms with van der Waals surface area (Å²) in [5.41, 5.74) is 1.02. The SMILES string of the molecule is CCOc1ccccc1-c1noc(CSc2nc3ccccc3c(=O)n2-c2ccccc2F)n1. The topological polar surface area (TPSA) is 83.0 Å². The molecule has 0 saturated heterocycles. The van der Waals surface area contributed by atoms with Crippen molar-refractivity contribution in [1.29, 1.82) is 0 Å². The van der Waals surface area contributed by atoms with E-state index in [-0.39, 0.29) is 17.0 Å². The summed E-state index contributed by atoms with van der Waals surface area (Å²) in [5, 5.41) is 4.80. The second-order valence-corrected chi connectivity index (χ2v) is 8.18. The molecule has 0 saturated carbocycles. The van der Waals surface area contributed by atoms with Crippen molar-refractivity contribution in [3.63, 3.8) is 0 Å². The number of hydrogen-bond acceptors (Lipinski definition) is 7. The van der Waals surface area contributed by atoms with Crippen molar-refractivity contribution in [2.75, 3.05) is 6.61 Å². The van der Waals surface area contributed by atoms with E-state index in [2.05, 4.69) is 15.1 Å². The lowest BCUT2D eigenvalue weighted by molar-refractivity contribution is 0.341. The molecule has 2 aromatic heterocycles. The molecule has 34 heavy (non-hydrogen) atoms. The fourth-order valence-electron chi connectivity index (χ4n) is 3.54. The first kappa shape index (κ1) is 21.8. The van der Waals surface area contributed by atoms with E-state index in [0.717, 1.165) is 5.56 Å². The number of ether oxygens (including phenoxy) is 1. The van der Waals surface area contributed by atoms with Gasteiger partial charge in [0, 0.05) is 0 Å². The van der Waals surface area contributed by atoms with Crippen molar-refractivity contribution >= 4 is 22.7 Å². The van der Waals surface area contributed by atoms with Crippen molar-refractivity contribution in [2.45, 2.75) is 17.8 Å². The lowest BCUT2D eigenvalue weighted by Gasteiger charge is -2.13. The predicted octanol–water partition coefficient (Wildman–Crippen LogP) is 5.27. The van der Waals surface area contributed by atoms with Crippen LogP contribution in [0, 0.1) is 5.82 Å². The van der Waals surface area contributed by atoms with Gasteiger partial charge in [0.2, 0.25) is 11.7 Å². The normalized spacial score (nSPS) is 11.1. The molecule has 2 heterocycles. The molecule has 0 aliphatic heterocycles. The van der Waals surface area contributed by atoms with Crippen LogP contribution in [-0.2, 0) is 5.75 Å². The number of benzene rings is 3. The predicted molar refractivity (Wildman–Crippen MR) is 128 cm³/mol. The molecule has 0 amide bonds. The van der Waals surface area contributed by atoms with Gasteiger partial charge in [0.25, 0.3) is 5.56 Å². The third-order valence-electron chi connectivity index (χ3n) is 5.06. The Bertz CT molecular complexity index is 1530. The number of nitrogens with zero attached hydrogens (tertiary/aromatic N) is 4. The quantitative estimate of drug-likeness (QED) is 0.235. The van der Waals surface area contributed by atoms with E-state index < -0.39 is 5.82 Å². The van der Waals surface area contributed by atoms with Crippen molar-refractivity contribution in [2.24, 2.45) is 0 Å². The van der Waals surface area contributed by atoms with E-state index in [4.69, 9.17) is 9.26 Å². The van der Waals surface area contributed by atoms with Gasteiger partial charge in [-0.3, -0.25) is 9.36 Å². The highest BCUT2D eigenvalue weighted by molar-refractivity contribution is 7.98. The summed E-state index contributed by atoms with van der Waals surface area (Å²) in [6, 6.07) is 20.5. The van der Waals surface area contributed by atoms with E-state index in [1.165, 1.54) is 22.4 Å². The Morgan fingerprint density at radius 1 is 1.00 bits per heavy atom. The van der Waals surface area contributed by atoms with Gasteiger partial charge in [0.1, 0.15) is 11.6 Å². The van der Waals surface area contributed by atoms with E-state index in [0.29, 0.717) is 40.1 Å². The maximum atomic E-state index is 14.6. The van der Waals surface area contributed by atoms with Crippen LogP contribution in [0.3, 0.4) is 0 Å². The van der Waals surface area contributed by atoms with E-state index in [1.807, 2.05) is 31.2 Å². The van der Waals surface area contributed by atoms with Crippen molar-refractivity contribution in [3.05, 3.63) is 94.9 Å². The third kappa shape index (κ3) is 4.17. The minimum absolute atomic E-state index is 0.130. The molecule has 0 fully saturated rings. The standard InChI is InChI=1S/C25H19FN4O3S/c1-2-32-21-14-8-4-10-17(21)23-28-22(33-29-23)15-34-25-27-19-12-6-3-9-16(19)24(31)30(25)20-13-7-5-11-18(20)26/h3-14H,2,15H2,1H3. The maximum absolute atomic E-state index is 14.6. The fourth-order valence-corrected chi connectivity index (χ4v) is 4.38. The number of rotatable bonds is 7. The van der Waals surface area contributed by atoms with Crippen molar-refractivity contribution in [3.8, 4) is 22.8 Å². The van der Waals surface area contributed by atoms with Crippen molar-refractivity contribution < 1.29 is 13.7 Å². The molecule has 5 aromatic rings. The highest BCUT2D eigenvalue weighted by atomic mass is 32.2. The Morgan fingerprint density at radius 2 is 1.76 bits per heavy atom. The molecule has 5 rings (SSSR count). The molecule has 0 aliphatic carbocycles. The van der Waals surface area contributed by atoms with Crippen molar-refractivity contribution in [1.82, 2.24) is 19.7 Å². The number of fused-ring (bicyclic) bond motifs is 1. The smallest absolute Gasteiger partial charge is 0.266 e. The van der Waals surface area contributed by atoms with Gasteiger partial charge in [-0.25, -0.2) is 9.37 Å². The van der Waals surface area contributed by atoms with Gasteiger partial charge >= 0.3 is 0 Å². The van der Waals surface area contributed by atoms with Crippen LogP contribution in [0.25, 0.3) is 28.0 Å². The van der Waals surface area contributed by atoms with Crippen LogP contribution >= 0.6 is 11.8 Å². The van der Waals surface area contributed by atoms with Crippen LogP contribution in [0.2, 0.25) is 0 Å². The minimum atomic E-state index is -0.517. The van der Waals surface area contributed by atoms with Crippen LogP contribution in [0.4, 0.5) is 4.39 Å². The molecule has 0 bridgehead atoms. The molecule has 0 radical (unpaired) electrons. The first-order chi connectivity index (χ1) is 16.7. The average molecular weight is 475 g/mol. The molecule has 7 nitrogen and oxygen atoms in total. The van der Waals surface area contributed by atoms with Gasteiger partial charge in [-0.05, 0) is 43.3 Å². The zero-order valence-corrected chi connectivity index (χ0v) is 19.0. The number of aromatic nitrogens is 4. The molecule has 0 unspecified atom stereocenters. The van der Waals surface area contributed by atoms with Gasteiger partial charge in [0.15, 0.2) is 5.16 Å². The summed E-state index contributed by atoms with van der Waals surface area (Å²) in [4.78, 5) is 22.4. The Kier molecular flexibility index (Phi) is 6.09. The molecule has 3 aromatic carbocycles. The average Bonchev–Trinajstić information content (AvgIpc) is 3.33. The Morgan fingerprint density at radius 3 is 2.62 bits per heavy atom. The molecule has 170 valence electrons. The lowest BCUT2D eigenvalue weighted by atomic mass is 10.2. The van der Waals surface area contributed by atoms with Crippen LogP contribution < -0.4 is 10.3 Å². The Labute approximate surface area is 198 Å². The molecule has 9 heteroatoms. The number of thioether (sulfide) groups is 1. The van der Waals surface area contributed by atoms with E-state index >= 15 is 0 Å². The molecular formula is C25H19FN4O3S. The second-order valence-electron chi connectivity index (χ2n) is 7.23. The lowest BCUT2D eigenvalue weighted by Crippen LogP contribution is -2.22. The van der Waals surface area contributed by atoms with Crippen LogP contribution in [0.5, 0.6) is 5.75 Å². The number of para-hydroxylation sites is 3. The van der Waals surface area contributed by atoms with Crippen LogP contribution in [-0.4, -0.2) is 26.3 Å². The summed E-state index contributed by atoms with van der Waals surface area (Å²) >= 11 is 1.21. The second kappa shape index (κ2) is 9.48. The number of hydrogen-bond donors (Lipinski definition) is 0. The zero-order valence-electron chi connectivity index (χ0n) is 18.1. The third-order valence-corrected chi connectivity index (χ3v) is 5.98. The minimum Gasteiger partial charge on any atom is -0.493 e. The first-order valence-electron chi connectivity index (χ1n) is 10.6. The molecule has 0 N–H and O–H groups in total. The van der Waals surface area contributed by atoms with Gasteiger partial charge in [-0.15, -0.1) is 0 Å². The highest BCUT2D eigenvalue weighted by Gasteiger charge is 2.18. The maximum Gasteiger partial charge on any atom is 0.266 e. The zero-order chi connectivity index (χ0) is 23.5. The van der Waals surface area contributed by atoms with Gasteiger partial charge < -0.3 is 9.26 Å². The molecule has 0 aliphatic rings. The monoisotopic (exact) mass is 474 g/mol. The highest BCUT2D eigenvalue weighted by Crippen LogP contribution is 2.29. The molecule has 0 spiro atoms. The van der Waals surface area contributed by atoms with Gasteiger partial charge in [-0.1, -0.05) is 53.3 Å². The summed E-state index contributed by atoms with van der Waals surface area (Å²) in [6.07, 6.45) is 0. The van der Waals surface area contributed by atoms with E-state index in [1.54, 1.807) is 42.5 Å². The Hall–Kier alpha value is -3.98. The summed E-state index contributed by atoms with van der Waals surface area (Å²) in [6.45, 7) is 2.42. The van der Waals surface area contributed by atoms with Gasteiger partial charge in [-0.2, -0.15) is 4.98 Å². The first-order valence-corrected chi connectivity index (χ1v) is 11.6. The summed E-state index contributed by atoms with van der Waals surface area (Å²) in [5.74, 6) is 1.13.